The van der Waals surface area contributed by atoms with Gasteiger partial charge in [0.05, 0.1) is 24.3 Å². The molecule has 3 aromatic carbocycles. The molecule has 7 nitrogen and oxygen atoms in total. The number of piperidine rings is 1. The molecule has 0 unspecified atom stereocenters. The molecular formula is C32H31N3O4. The summed E-state index contributed by atoms with van der Waals surface area (Å²) in [6.45, 7) is 3.08. The van der Waals surface area contributed by atoms with Crippen molar-refractivity contribution in [2.75, 3.05) is 26.2 Å². The third-order valence-electron chi connectivity index (χ3n) is 7.91. The molecular weight excluding hydrogens is 490 g/mol. The molecule has 2 aliphatic rings. The number of para-hydroxylation sites is 1. The van der Waals surface area contributed by atoms with Crippen LogP contribution in [0.1, 0.15) is 47.3 Å². The summed E-state index contributed by atoms with van der Waals surface area (Å²) >= 11 is 0. The molecule has 0 bridgehead atoms. The Morgan fingerprint density at radius 3 is 2.38 bits per heavy atom. The van der Waals surface area contributed by atoms with E-state index < -0.39 is 6.04 Å². The van der Waals surface area contributed by atoms with E-state index in [0.717, 1.165) is 33.3 Å². The van der Waals surface area contributed by atoms with Crippen LogP contribution in [0.25, 0.3) is 22.2 Å². The van der Waals surface area contributed by atoms with E-state index in [1.54, 1.807) is 16.7 Å². The summed E-state index contributed by atoms with van der Waals surface area (Å²) in [7, 11) is 0. The summed E-state index contributed by atoms with van der Waals surface area (Å²) in [6.07, 6.45) is 1.14. The maximum absolute atomic E-state index is 13.8. The van der Waals surface area contributed by atoms with Crippen LogP contribution in [0.15, 0.2) is 78.9 Å². The van der Waals surface area contributed by atoms with E-state index >= 15 is 0 Å². The number of nitrogens with zero attached hydrogens (tertiary/aromatic N) is 2. The molecule has 0 radical (unpaired) electrons. The van der Waals surface area contributed by atoms with E-state index in [0.29, 0.717) is 38.1 Å². The predicted molar refractivity (Wildman–Crippen MR) is 149 cm³/mol. The Bertz CT molecular complexity index is 1540. The normalized spacial score (nSPS) is 17.5. The third-order valence-corrected chi connectivity index (χ3v) is 7.91. The lowest BCUT2D eigenvalue weighted by Crippen LogP contribution is -2.46. The zero-order valence-electron chi connectivity index (χ0n) is 21.9. The summed E-state index contributed by atoms with van der Waals surface area (Å²) in [6, 6.07) is 25.4. The first kappa shape index (κ1) is 24.9. The zero-order chi connectivity index (χ0) is 26.9. The van der Waals surface area contributed by atoms with E-state index in [4.69, 9.17) is 4.74 Å². The Morgan fingerprint density at radius 1 is 0.923 bits per heavy atom. The molecule has 1 atom stereocenters. The van der Waals surface area contributed by atoms with Crippen LogP contribution in [0.3, 0.4) is 0 Å². The predicted octanol–water partition coefficient (Wildman–Crippen LogP) is 5.18. The van der Waals surface area contributed by atoms with Gasteiger partial charge in [0.15, 0.2) is 0 Å². The van der Waals surface area contributed by atoms with E-state index in [-0.39, 0.29) is 30.2 Å². The topological polar surface area (TPSA) is 82.7 Å². The molecule has 2 amide bonds. The third kappa shape index (κ3) is 4.48. The standard InChI is InChI=1S/C32H31N3O4/c1-2-39-32(38)22-16-18-34(19-17-22)27(36)20-35-30(23-12-6-7-13-24(23)31(35)37)28-25-14-8-9-15-26(25)33-29(28)21-10-4-3-5-11-21/h3-15,22,30,33H,2,16-20H2,1H3/t30-/m1/s1. The molecule has 1 aromatic heterocycles. The van der Waals surface area contributed by atoms with Crippen molar-refractivity contribution in [2.45, 2.75) is 25.8 Å². The molecule has 0 aliphatic carbocycles. The number of likely N-dealkylation sites (tertiary alicyclic amines) is 1. The number of H-pyrrole nitrogens is 1. The smallest absolute Gasteiger partial charge is 0.309 e. The van der Waals surface area contributed by atoms with E-state index in [2.05, 4.69) is 23.2 Å². The van der Waals surface area contributed by atoms with Gasteiger partial charge >= 0.3 is 5.97 Å². The largest absolute Gasteiger partial charge is 0.466 e. The second-order valence-electron chi connectivity index (χ2n) is 10.2. The van der Waals surface area contributed by atoms with Gasteiger partial charge in [-0.15, -0.1) is 0 Å². The number of nitrogens with one attached hydrogen (secondary N) is 1. The molecule has 1 N–H and O–H groups in total. The molecule has 3 heterocycles. The van der Waals surface area contributed by atoms with Crippen molar-refractivity contribution in [3.8, 4) is 11.3 Å². The van der Waals surface area contributed by atoms with Gasteiger partial charge in [-0.2, -0.15) is 0 Å². The van der Waals surface area contributed by atoms with Crippen molar-refractivity contribution >= 4 is 28.7 Å². The Kier molecular flexibility index (Phi) is 6.65. The van der Waals surface area contributed by atoms with Gasteiger partial charge in [-0.05, 0) is 43.0 Å². The molecule has 0 saturated carbocycles. The van der Waals surface area contributed by atoms with Crippen molar-refractivity contribution in [3.05, 3.63) is 95.6 Å². The molecule has 7 heteroatoms. The highest BCUT2D eigenvalue weighted by molar-refractivity contribution is 6.03. The second-order valence-corrected chi connectivity index (χ2v) is 10.2. The zero-order valence-corrected chi connectivity index (χ0v) is 21.9. The molecule has 1 fully saturated rings. The first-order valence-electron chi connectivity index (χ1n) is 13.6. The summed E-state index contributed by atoms with van der Waals surface area (Å²) < 4.78 is 5.17. The number of aromatic amines is 1. The molecule has 4 aromatic rings. The number of carbonyl (C=O) groups excluding carboxylic acids is 3. The van der Waals surface area contributed by atoms with Gasteiger partial charge in [-0.25, -0.2) is 0 Å². The molecule has 1 saturated heterocycles. The van der Waals surface area contributed by atoms with E-state index in [1.165, 1.54) is 0 Å². The number of carbonyl (C=O) groups is 3. The Morgan fingerprint density at radius 2 is 1.62 bits per heavy atom. The highest BCUT2D eigenvalue weighted by Crippen LogP contribution is 2.45. The maximum atomic E-state index is 13.8. The first-order chi connectivity index (χ1) is 19.1. The number of esters is 1. The van der Waals surface area contributed by atoms with Crippen molar-refractivity contribution in [2.24, 2.45) is 5.92 Å². The average molecular weight is 522 g/mol. The minimum absolute atomic E-state index is 0.0318. The van der Waals surface area contributed by atoms with Gasteiger partial charge in [0, 0.05) is 35.1 Å². The van der Waals surface area contributed by atoms with Gasteiger partial charge < -0.3 is 19.5 Å². The Labute approximate surface area is 227 Å². The van der Waals surface area contributed by atoms with Crippen LogP contribution >= 0.6 is 0 Å². The van der Waals surface area contributed by atoms with E-state index in [9.17, 15) is 14.4 Å². The lowest BCUT2D eigenvalue weighted by Gasteiger charge is -2.33. The molecule has 198 valence electrons. The fraction of sp³-hybridized carbons (Fsp3) is 0.281. The average Bonchev–Trinajstić information content (AvgIpc) is 3.48. The lowest BCUT2D eigenvalue weighted by molar-refractivity contribution is -0.151. The van der Waals surface area contributed by atoms with Crippen LogP contribution in [0.5, 0.6) is 0 Å². The Balaban J connectivity index is 1.36. The quantitative estimate of drug-likeness (QED) is 0.355. The Hall–Kier alpha value is -4.39. The summed E-state index contributed by atoms with van der Waals surface area (Å²) in [5.41, 5.74) is 5.46. The second kappa shape index (κ2) is 10.4. The van der Waals surface area contributed by atoms with Crippen molar-refractivity contribution in [1.82, 2.24) is 14.8 Å². The number of aromatic nitrogens is 1. The minimum atomic E-state index is -0.416. The summed E-state index contributed by atoms with van der Waals surface area (Å²) in [5.74, 6) is -0.624. The number of rotatable bonds is 6. The minimum Gasteiger partial charge on any atom is -0.466 e. The van der Waals surface area contributed by atoms with Crippen LogP contribution in [0, 0.1) is 5.92 Å². The number of benzene rings is 3. The van der Waals surface area contributed by atoms with Gasteiger partial charge in [0.2, 0.25) is 5.91 Å². The number of hydrogen-bond acceptors (Lipinski definition) is 4. The number of ether oxygens (including phenoxy) is 1. The fourth-order valence-corrected chi connectivity index (χ4v) is 6.00. The van der Waals surface area contributed by atoms with E-state index in [1.807, 2.05) is 60.7 Å². The molecule has 6 rings (SSSR count). The van der Waals surface area contributed by atoms with Gasteiger partial charge in [0.25, 0.3) is 5.91 Å². The van der Waals surface area contributed by atoms with Crippen LogP contribution < -0.4 is 0 Å². The van der Waals surface area contributed by atoms with Gasteiger partial charge in [-0.3, -0.25) is 14.4 Å². The molecule has 39 heavy (non-hydrogen) atoms. The van der Waals surface area contributed by atoms with Gasteiger partial charge in [0.1, 0.15) is 6.54 Å². The summed E-state index contributed by atoms with van der Waals surface area (Å²) in [5, 5.41) is 1.03. The first-order valence-corrected chi connectivity index (χ1v) is 13.6. The van der Waals surface area contributed by atoms with Crippen molar-refractivity contribution in [1.29, 1.82) is 0 Å². The molecule has 2 aliphatic heterocycles. The molecule has 0 spiro atoms. The van der Waals surface area contributed by atoms with Crippen molar-refractivity contribution < 1.29 is 19.1 Å². The van der Waals surface area contributed by atoms with Crippen molar-refractivity contribution in [3.63, 3.8) is 0 Å². The monoisotopic (exact) mass is 521 g/mol. The highest BCUT2D eigenvalue weighted by atomic mass is 16.5. The number of amides is 2. The van der Waals surface area contributed by atoms with Crippen LogP contribution in [0.4, 0.5) is 0 Å². The van der Waals surface area contributed by atoms with Crippen LogP contribution in [-0.4, -0.2) is 58.8 Å². The SMILES string of the molecule is CCOC(=O)C1CCN(C(=O)CN2C(=O)c3ccccc3[C@@H]2c2c(-c3ccccc3)[nH]c3ccccc23)CC1. The van der Waals surface area contributed by atoms with Gasteiger partial charge in [-0.1, -0.05) is 66.7 Å². The number of hydrogen-bond donors (Lipinski definition) is 1. The van der Waals surface area contributed by atoms with Crippen LogP contribution in [-0.2, 0) is 14.3 Å². The highest BCUT2D eigenvalue weighted by Gasteiger charge is 2.42. The lowest BCUT2D eigenvalue weighted by atomic mass is 9.93. The van der Waals surface area contributed by atoms with Crippen LogP contribution in [0.2, 0.25) is 0 Å². The fourth-order valence-electron chi connectivity index (χ4n) is 6.00. The summed E-state index contributed by atoms with van der Waals surface area (Å²) in [4.78, 5) is 46.6. The number of fused-ring (bicyclic) bond motifs is 2. The maximum Gasteiger partial charge on any atom is 0.309 e.